The van der Waals surface area contributed by atoms with Crippen molar-refractivity contribution in [2.45, 2.75) is 144 Å². The van der Waals surface area contributed by atoms with Crippen molar-refractivity contribution in [2.75, 3.05) is 0 Å². The van der Waals surface area contributed by atoms with Crippen molar-refractivity contribution in [3.8, 4) is 11.5 Å². The highest BCUT2D eigenvalue weighted by molar-refractivity contribution is 5.68. The molecule has 46 heavy (non-hydrogen) atoms. The van der Waals surface area contributed by atoms with Crippen LogP contribution in [0.5, 0.6) is 11.5 Å². The molecule has 0 spiro atoms. The summed E-state index contributed by atoms with van der Waals surface area (Å²) in [6.07, 6.45) is 1.95. The van der Waals surface area contributed by atoms with Crippen LogP contribution in [0.15, 0.2) is 24.3 Å². The van der Waals surface area contributed by atoms with Gasteiger partial charge in [-0.2, -0.15) is 0 Å². The number of carboxylic acids is 2. The first-order chi connectivity index (χ1) is 19.7. The lowest BCUT2D eigenvalue weighted by Gasteiger charge is -2.29. The van der Waals surface area contributed by atoms with Gasteiger partial charge in [-0.25, -0.2) is 0 Å². The molecule has 2 unspecified atom stereocenters. The molecule has 0 aliphatic rings. The number of carboxylic acid groups (broad SMARTS) is 2. The van der Waals surface area contributed by atoms with E-state index in [2.05, 4.69) is 0 Å². The van der Waals surface area contributed by atoms with Gasteiger partial charge in [0.2, 0.25) is 0 Å². The van der Waals surface area contributed by atoms with E-state index < -0.39 is 23.8 Å². The fourth-order valence-electron chi connectivity index (χ4n) is 5.27. The maximum Gasteiger partial charge on any atom is 0.123 e. The molecule has 2 aromatic rings. The zero-order valence-corrected chi connectivity index (χ0v) is 31.8. The molecule has 2 aromatic carbocycles. The number of phenols is 2. The highest BCUT2D eigenvalue weighted by Crippen LogP contribution is 2.41. The Morgan fingerprint density at radius 3 is 0.870 bits per heavy atom. The van der Waals surface area contributed by atoms with Gasteiger partial charge in [0, 0.05) is 23.8 Å². The van der Waals surface area contributed by atoms with Crippen molar-refractivity contribution in [1.82, 2.24) is 12.3 Å². The minimum atomic E-state index is -1.01. The van der Waals surface area contributed by atoms with Crippen LogP contribution in [-0.2, 0) is 44.1 Å². The van der Waals surface area contributed by atoms with E-state index in [1.165, 1.54) is 0 Å². The van der Waals surface area contributed by atoms with Crippen LogP contribution in [0.2, 0.25) is 0 Å². The van der Waals surface area contributed by atoms with Crippen molar-refractivity contribution < 1.29 is 30.0 Å². The average molecular weight is 647 g/mol. The third kappa shape index (κ3) is 12.3. The van der Waals surface area contributed by atoms with E-state index in [1.54, 1.807) is 0 Å². The second-order valence-corrected chi connectivity index (χ2v) is 16.3. The number of phenolic OH excluding ortho intramolecular Hbond substituents is 2. The number of benzene rings is 2. The zero-order chi connectivity index (χ0) is 34.6. The Bertz CT molecular complexity index is 1130. The normalized spacial score (nSPS) is 13.3. The number of carbonyl (C=O) groups excluding carboxylic acids is 2. The van der Waals surface area contributed by atoms with Crippen LogP contribution in [0, 0.1) is 11.8 Å². The van der Waals surface area contributed by atoms with E-state index in [1.807, 2.05) is 121 Å². The van der Waals surface area contributed by atoms with Crippen molar-refractivity contribution >= 4 is 11.9 Å². The predicted octanol–water partition coefficient (Wildman–Crippen LogP) is 7.36. The van der Waals surface area contributed by atoms with E-state index in [9.17, 15) is 30.0 Å². The Kier molecular flexibility index (Phi) is 16.3. The molecule has 0 aliphatic carbocycles. The minimum absolute atomic E-state index is 0. The Hall–Kier alpha value is -3.10. The average Bonchev–Trinajstić information content (AvgIpc) is 2.84. The number of aromatic hydroxyl groups is 2. The Morgan fingerprint density at radius 1 is 0.543 bits per heavy atom. The topological polar surface area (TPSA) is 194 Å². The maximum absolute atomic E-state index is 11.2. The number of hydrogen-bond acceptors (Lipinski definition) is 6. The van der Waals surface area contributed by atoms with E-state index in [4.69, 9.17) is 0 Å². The van der Waals surface area contributed by atoms with Gasteiger partial charge in [0.1, 0.15) is 11.5 Å². The van der Waals surface area contributed by atoms with E-state index in [0.29, 0.717) is 37.2 Å². The maximum atomic E-state index is 11.2. The van der Waals surface area contributed by atoms with Gasteiger partial charge < -0.3 is 42.3 Å². The highest BCUT2D eigenvalue weighted by Gasteiger charge is 2.28. The number of carbonyl (C=O) groups is 2. The second kappa shape index (κ2) is 16.6. The lowest BCUT2D eigenvalue weighted by Crippen LogP contribution is -2.32. The number of quaternary nitrogens is 2. The molecule has 2 rings (SSSR count). The smallest absolute Gasteiger partial charge is 0.123 e. The molecule has 0 radical (unpaired) electrons. The summed E-state index contributed by atoms with van der Waals surface area (Å²) in [4.78, 5) is 22.4. The van der Waals surface area contributed by atoms with Crippen LogP contribution in [0.1, 0.15) is 143 Å². The van der Waals surface area contributed by atoms with Gasteiger partial charge >= 0.3 is 0 Å². The second-order valence-electron chi connectivity index (χ2n) is 16.3. The molecule has 0 heterocycles. The molecule has 0 bridgehead atoms. The number of hydrogen-bond donors (Lipinski definition) is 4. The van der Waals surface area contributed by atoms with Crippen LogP contribution >= 0.6 is 0 Å². The standard InChI is InChI=1S/2C19H30O3.2H3N/c2*1-8-13(17(21)22)9-12-10-14(18(2,3)4)16(20)15(11-12)19(5,6)7;;/h2*10-11,13,20H,8-9H2,1-7H3,(H,21,22);2*1H3. The van der Waals surface area contributed by atoms with Gasteiger partial charge in [0.05, 0.1) is 0 Å². The summed E-state index contributed by atoms with van der Waals surface area (Å²) in [5, 5.41) is 43.7. The lowest BCUT2D eigenvalue weighted by molar-refractivity contribution is -0.313. The molecule has 0 saturated carbocycles. The van der Waals surface area contributed by atoms with Crippen LogP contribution in [0.3, 0.4) is 0 Å². The molecule has 8 heteroatoms. The molecule has 0 aliphatic heterocycles. The van der Waals surface area contributed by atoms with Gasteiger partial charge in [0.25, 0.3) is 0 Å². The third-order valence-corrected chi connectivity index (χ3v) is 8.19. The van der Waals surface area contributed by atoms with Crippen LogP contribution in [0.25, 0.3) is 0 Å². The van der Waals surface area contributed by atoms with Crippen molar-refractivity contribution in [1.29, 1.82) is 0 Å². The van der Waals surface area contributed by atoms with Crippen molar-refractivity contribution in [3.63, 3.8) is 0 Å². The molecule has 0 aromatic heterocycles. The van der Waals surface area contributed by atoms with Crippen molar-refractivity contribution in [2.24, 2.45) is 11.8 Å². The predicted molar refractivity (Wildman–Crippen MR) is 188 cm³/mol. The molecular formula is C38H66N2O6. The first-order valence-electron chi connectivity index (χ1n) is 15.9. The summed E-state index contributed by atoms with van der Waals surface area (Å²) < 4.78 is 0. The largest absolute Gasteiger partial charge is 0.550 e. The van der Waals surface area contributed by atoms with Gasteiger partial charge in [-0.1, -0.05) is 121 Å². The fourth-order valence-corrected chi connectivity index (χ4v) is 5.27. The molecule has 0 saturated heterocycles. The van der Waals surface area contributed by atoms with E-state index in [-0.39, 0.29) is 34.0 Å². The summed E-state index contributed by atoms with van der Waals surface area (Å²) in [5.41, 5.74) is 4.53. The Morgan fingerprint density at radius 2 is 0.739 bits per heavy atom. The first kappa shape index (κ1) is 45.0. The molecule has 0 amide bonds. The third-order valence-electron chi connectivity index (χ3n) is 8.19. The monoisotopic (exact) mass is 646 g/mol. The molecule has 8 nitrogen and oxygen atoms in total. The molecule has 10 N–H and O–H groups in total. The Labute approximate surface area is 279 Å². The fraction of sp³-hybridized carbons (Fsp3) is 0.632. The summed E-state index contributed by atoms with van der Waals surface area (Å²) in [6, 6.07) is 7.76. The summed E-state index contributed by atoms with van der Waals surface area (Å²) in [6.45, 7) is 28.3. The SMILES string of the molecule is CCC(Cc1cc(C(C)(C)C)c(O)c(C(C)(C)C)c1)C(=O)[O-].CCC(Cc1cc(C(C)(C)C)c(O)c(C(C)(C)C)c1)C(=O)[O-].[NH4+].[NH4+]. The molecule has 2 atom stereocenters. The van der Waals surface area contributed by atoms with Crippen LogP contribution in [-0.4, -0.2) is 22.2 Å². The lowest BCUT2D eigenvalue weighted by atomic mass is 9.77. The van der Waals surface area contributed by atoms with E-state index in [0.717, 1.165) is 33.4 Å². The van der Waals surface area contributed by atoms with E-state index >= 15 is 0 Å². The quantitative estimate of drug-likeness (QED) is 0.231. The first-order valence-corrected chi connectivity index (χ1v) is 15.9. The Balaban J connectivity index is 0. The van der Waals surface area contributed by atoms with Gasteiger partial charge in [-0.3, -0.25) is 0 Å². The molecule has 0 fully saturated rings. The van der Waals surface area contributed by atoms with Crippen LogP contribution < -0.4 is 22.5 Å². The molecular weight excluding hydrogens is 580 g/mol. The summed E-state index contributed by atoms with van der Waals surface area (Å²) in [7, 11) is 0. The number of rotatable bonds is 8. The highest BCUT2D eigenvalue weighted by atomic mass is 16.4. The summed E-state index contributed by atoms with van der Waals surface area (Å²) in [5.74, 6) is -2.36. The van der Waals surface area contributed by atoms with Crippen molar-refractivity contribution in [3.05, 3.63) is 57.6 Å². The van der Waals surface area contributed by atoms with Gasteiger partial charge in [0.15, 0.2) is 0 Å². The molecule has 264 valence electrons. The van der Waals surface area contributed by atoms with Crippen LogP contribution in [0.4, 0.5) is 0 Å². The van der Waals surface area contributed by atoms with Gasteiger partial charge in [-0.15, -0.1) is 0 Å². The minimum Gasteiger partial charge on any atom is -0.550 e. The zero-order valence-electron chi connectivity index (χ0n) is 31.8. The number of aliphatic carboxylic acids is 2. The summed E-state index contributed by atoms with van der Waals surface area (Å²) >= 11 is 0. The van der Waals surface area contributed by atoms with Gasteiger partial charge in [-0.05, 0) is 80.7 Å².